The SMILES string of the molecule is O=C(O)[N+]12C=CC=CC1=CN=N2. The number of amides is 1. The Morgan fingerprint density at radius 3 is 3.00 bits per heavy atom. The van der Waals surface area contributed by atoms with Gasteiger partial charge >= 0.3 is 6.09 Å². The van der Waals surface area contributed by atoms with E-state index in [2.05, 4.69) is 10.3 Å². The van der Waals surface area contributed by atoms with Gasteiger partial charge in [-0.3, -0.25) is 0 Å². The number of fused-ring (bicyclic) bond motifs is 1. The fourth-order valence-electron chi connectivity index (χ4n) is 1.12. The zero-order valence-corrected chi connectivity index (χ0v) is 6.08. The third-order valence-corrected chi connectivity index (χ3v) is 1.75. The van der Waals surface area contributed by atoms with E-state index in [4.69, 9.17) is 5.11 Å². The van der Waals surface area contributed by atoms with Crippen molar-refractivity contribution in [2.24, 2.45) is 10.3 Å². The van der Waals surface area contributed by atoms with Gasteiger partial charge in [0, 0.05) is 6.08 Å². The molecule has 0 bridgehead atoms. The van der Waals surface area contributed by atoms with E-state index in [1.54, 1.807) is 18.2 Å². The number of nitrogens with zero attached hydrogens (tertiary/aromatic N) is 3. The summed E-state index contributed by atoms with van der Waals surface area (Å²) in [6, 6.07) is 0. The van der Waals surface area contributed by atoms with Crippen molar-refractivity contribution in [3.63, 3.8) is 0 Å². The molecule has 0 saturated carbocycles. The lowest BCUT2D eigenvalue weighted by Crippen LogP contribution is -2.39. The van der Waals surface area contributed by atoms with Gasteiger partial charge in [-0.25, -0.2) is 0 Å². The third-order valence-electron chi connectivity index (χ3n) is 1.75. The highest BCUT2D eigenvalue weighted by molar-refractivity contribution is 5.60. The molecule has 12 heavy (non-hydrogen) atoms. The number of carbonyl (C=O) groups is 1. The van der Waals surface area contributed by atoms with Gasteiger partial charge in [0.15, 0.2) is 5.70 Å². The average molecular weight is 164 g/mol. The molecule has 2 aliphatic rings. The number of hydrogen-bond acceptors (Lipinski definition) is 3. The number of rotatable bonds is 0. The molecule has 1 N–H and O–H groups in total. The molecular formula is C7H6N3O2+. The highest BCUT2D eigenvalue weighted by atomic mass is 16.4. The minimum atomic E-state index is -1.05. The van der Waals surface area contributed by atoms with Crippen LogP contribution < -0.4 is 0 Å². The number of allylic oxidation sites excluding steroid dienone is 3. The van der Waals surface area contributed by atoms with Gasteiger partial charge in [-0.2, -0.15) is 4.79 Å². The molecule has 1 amide bonds. The normalized spacial score (nSPS) is 30.2. The van der Waals surface area contributed by atoms with Crippen LogP contribution in [0.1, 0.15) is 0 Å². The molecule has 1 unspecified atom stereocenters. The molecule has 60 valence electrons. The molecule has 2 heterocycles. The Labute approximate surface area is 68.2 Å². The minimum absolute atomic E-state index is 0.546. The summed E-state index contributed by atoms with van der Waals surface area (Å²) < 4.78 is -0.559. The van der Waals surface area contributed by atoms with E-state index in [0.717, 1.165) is 0 Å². The van der Waals surface area contributed by atoms with Crippen LogP contribution in [0.5, 0.6) is 0 Å². The molecule has 1 atom stereocenters. The van der Waals surface area contributed by atoms with Gasteiger partial charge in [0.2, 0.25) is 0 Å². The number of quaternary nitrogens is 1. The van der Waals surface area contributed by atoms with Crippen LogP contribution in [-0.4, -0.2) is 15.8 Å². The van der Waals surface area contributed by atoms with Crippen molar-refractivity contribution in [3.05, 3.63) is 36.3 Å². The molecule has 0 aromatic carbocycles. The van der Waals surface area contributed by atoms with Gasteiger partial charge in [0.25, 0.3) is 0 Å². The Kier molecular flexibility index (Phi) is 1.22. The highest BCUT2D eigenvalue weighted by Crippen LogP contribution is 2.29. The maximum absolute atomic E-state index is 10.9. The Morgan fingerprint density at radius 1 is 1.50 bits per heavy atom. The predicted molar refractivity (Wildman–Crippen MR) is 39.5 cm³/mol. The molecule has 0 radical (unpaired) electrons. The summed E-state index contributed by atoms with van der Waals surface area (Å²) in [7, 11) is 0. The average Bonchev–Trinajstić information content (AvgIpc) is 2.48. The van der Waals surface area contributed by atoms with Crippen molar-refractivity contribution in [1.82, 2.24) is 0 Å². The largest absolute Gasteiger partial charge is 0.552 e. The Bertz CT molecular complexity index is 354. The Morgan fingerprint density at radius 2 is 2.33 bits per heavy atom. The second-order valence-electron chi connectivity index (χ2n) is 2.43. The smallest absolute Gasteiger partial charge is 0.433 e. The van der Waals surface area contributed by atoms with Gasteiger partial charge < -0.3 is 5.11 Å². The van der Waals surface area contributed by atoms with Crippen LogP contribution in [0.3, 0.4) is 0 Å². The van der Waals surface area contributed by atoms with Crippen LogP contribution in [0, 0.1) is 0 Å². The van der Waals surface area contributed by atoms with Gasteiger partial charge in [-0.05, 0) is 10.7 Å². The third kappa shape index (κ3) is 0.680. The summed E-state index contributed by atoms with van der Waals surface area (Å²) in [6.45, 7) is 0. The van der Waals surface area contributed by atoms with Crippen molar-refractivity contribution in [2.45, 2.75) is 0 Å². The van der Waals surface area contributed by atoms with E-state index in [9.17, 15) is 4.79 Å². The van der Waals surface area contributed by atoms with Crippen LogP contribution in [0.25, 0.3) is 0 Å². The molecule has 0 aromatic heterocycles. The number of carboxylic acid groups (broad SMARTS) is 1. The first-order chi connectivity index (χ1) is 5.76. The van der Waals surface area contributed by atoms with Crippen molar-refractivity contribution < 1.29 is 14.5 Å². The minimum Gasteiger partial charge on any atom is -0.433 e. The van der Waals surface area contributed by atoms with E-state index in [1.165, 1.54) is 12.4 Å². The second-order valence-corrected chi connectivity index (χ2v) is 2.43. The maximum atomic E-state index is 10.9. The lowest BCUT2D eigenvalue weighted by atomic mass is 10.3. The van der Waals surface area contributed by atoms with E-state index in [1.807, 2.05) is 0 Å². The van der Waals surface area contributed by atoms with E-state index in [0.29, 0.717) is 5.70 Å². The van der Waals surface area contributed by atoms with Crippen LogP contribution in [0.2, 0.25) is 0 Å². The summed E-state index contributed by atoms with van der Waals surface area (Å²) in [5.41, 5.74) is 0.546. The van der Waals surface area contributed by atoms with Crippen molar-refractivity contribution in [1.29, 1.82) is 0 Å². The first-order valence-electron chi connectivity index (χ1n) is 3.37. The van der Waals surface area contributed by atoms with Crippen molar-refractivity contribution >= 4 is 6.09 Å². The summed E-state index contributed by atoms with van der Waals surface area (Å²) in [4.78, 5) is 10.9. The van der Waals surface area contributed by atoms with E-state index >= 15 is 0 Å². The molecule has 5 nitrogen and oxygen atoms in total. The van der Waals surface area contributed by atoms with E-state index in [-0.39, 0.29) is 0 Å². The van der Waals surface area contributed by atoms with Gasteiger partial charge in [-0.15, -0.1) is 5.11 Å². The van der Waals surface area contributed by atoms with Gasteiger partial charge in [-0.1, -0.05) is 6.08 Å². The quantitative estimate of drug-likeness (QED) is 0.554. The Balaban J connectivity index is 2.54. The lowest BCUT2D eigenvalue weighted by molar-refractivity contribution is -0.770. The second kappa shape index (κ2) is 2.12. The highest BCUT2D eigenvalue weighted by Gasteiger charge is 2.44. The summed E-state index contributed by atoms with van der Waals surface area (Å²) >= 11 is 0. The zero-order valence-electron chi connectivity index (χ0n) is 6.08. The van der Waals surface area contributed by atoms with E-state index < -0.39 is 10.7 Å². The predicted octanol–water partition coefficient (Wildman–Crippen LogP) is 1.79. The summed E-state index contributed by atoms with van der Waals surface area (Å²) in [6.07, 6.45) is 6.91. The van der Waals surface area contributed by atoms with Gasteiger partial charge in [0.1, 0.15) is 12.4 Å². The molecule has 0 saturated heterocycles. The lowest BCUT2D eigenvalue weighted by Gasteiger charge is -2.17. The summed E-state index contributed by atoms with van der Waals surface area (Å²) in [5, 5.41) is 16.1. The van der Waals surface area contributed by atoms with Crippen molar-refractivity contribution in [2.75, 3.05) is 0 Å². The van der Waals surface area contributed by atoms with Crippen LogP contribution >= 0.6 is 0 Å². The van der Waals surface area contributed by atoms with Crippen LogP contribution in [0.15, 0.2) is 46.7 Å². The molecule has 0 aliphatic carbocycles. The van der Waals surface area contributed by atoms with Gasteiger partial charge in [0.05, 0.1) is 5.22 Å². The molecule has 2 aliphatic heterocycles. The van der Waals surface area contributed by atoms with Crippen LogP contribution in [0.4, 0.5) is 4.79 Å². The Hall–Kier alpha value is -1.75. The monoisotopic (exact) mass is 164 g/mol. The first kappa shape index (κ1) is 6.93. The topological polar surface area (TPSA) is 62.0 Å². The first-order valence-corrected chi connectivity index (χ1v) is 3.37. The zero-order chi connectivity index (χ0) is 8.60. The molecular weight excluding hydrogens is 158 g/mol. The molecule has 0 fully saturated rings. The number of hydrogen-bond donors (Lipinski definition) is 1. The molecule has 0 spiro atoms. The molecule has 0 aromatic rings. The molecule has 5 heteroatoms. The summed E-state index contributed by atoms with van der Waals surface area (Å²) in [5.74, 6) is 0. The fourth-order valence-corrected chi connectivity index (χ4v) is 1.12. The standard InChI is InChI=1S/C7H5N3O2/c11-7(12)10-4-2-1-3-6(10)5-8-9-10/h1-5H/p+1. The fraction of sp³-hybridized carbons (Fsp3) is 0. The molecule has 2 rings (SSSR count). The maximum Gasteiger partial charge on any atom is 0.552 e. The van der Waals surface area contributed by atoms with Crippen LogP contribution in [-0.2, 0) is 0 Å². The van der Waals surface area contributed by atoms with Crippen molar-refractivity contribution in [3.8, 4) is 0 Å².